The summed E-state index contributed by atoms with van der Waals surface area (Å²) < 4.78 is 10.5. The van der Waals surface area contributed by atoms with Crippen molar-refractivity contribution in [1.29, 1.82) is 0 Å². The summed E-state index contributed by atoms with van der Waals surface area (Å²) in [6, 6.07) is 1.75. The van der Waals surface area contributed by atoms with Gasteiger partial charge in [-0.15, -0.1) is 0 Å². The average Bonchev–Trinajstić information content (AvgIpc) is 2.48. The minimum Gasteiger partial charge on any atom is -0.394 e. The lowest BCUT2D eigenvalue weighted by molar-refractivity contribution is 0.0970. The van der Waals surface area contributed by atoms with E-state index >= 15 is 0 Å². The first kappa shape index (κ1) is 16.6. The van der Waals surface area contributed by atoms with Crippen LogP contribution in [-0.2, 0) is 16.1 Å². The van der Waals surface area contributed by atoms with Crippen molar-refractivity contribution in [1.82, 2.24) is 9.97 Å². The van der Waals surface area contributed by atoms with Gasteiger partial charge in [0.05, 0.1) is 19.8 Å². The maximum Gasteiger partial charge on any atom is 0.158 e. The van der Waals surface area contributed by atoms with Gasteiger partial charge in [-0.1, -0.05) is 0 Å². The first-order valence-electron chi connectivity index (χ1n) is 6.53. The number of nitrogens with one attached hydrogen (secondary N) is 1. The van der Waals surface area contributed by atoms with Crippen LogP contribution in [0.25, 0.3) is 0 Å². The molecular weight excluding hydrogens is 262 g/mol. The average molecular weight is 285 g/mol. The monoisotopic (exact) mass is 285 g/mol. The molecule has 0 aliphatic carbocycles. The van der Waals surface area contributed by atoms with E-state index in [2.05, 4.69) is 15.4 Å². The molecule has 0 saturated heterocycles. The molecule has 0 saturated carbocycles. The lowest BCUT2D eigenvalue weighted by atomic mass is 10.4. The molecule has 0 radical (unpaired) electrons. The van der Waals surface area contributed by atoms with Gasteiger partial charge < -0.3 is 24.9 Å². The fourth-order valence-corrected chi connectivity index (χ4v) is 1.49. The topological polar surface area (TPSA) is 106 Å². The number of ether oxygens (including phenoxy) is 2. The first-order chi connectivity index (χ1) is 9.71. The van der Waals surface area contributed by atoms with Crippen LogP contribution in [0.4, 0.5) is 11.6 Å². The van der Waals surface area contributed by atoms with Crippen LogP contribution in [0.5, 0.6) is 0 Å². The number of nitrogens with zero attached hydrogens (tertiary/aromatic N) is 3. The molecular formula is C12H23N5O3. The van der Waals surface area contributed by atoms with Gasteiger partial charge in [0.2, 0.25) is 0 Å². The van der Waals surface area contributed by atoms with Gasteiger partial charge in [0.1, 0.15) is 18.2 Å². The Labute approximate surface area is 118 Å². The third-order valence-corrected chi connectivity index (χ3v) is 2.54. The van der Waals surface area contributed by atoms with Crippen LogP contribution >= 0.6 is 0 Å². The SMILES string of the molecule is CCOCc1nc(NN)cc(N(C)CCOCCO)n1. The molecule has 20 heavy (non-hydrogen) atoms. The largest absolute Gasteiger partial charge is 0.394 e. The Hall–Kier alpha value is -1.48. The van der Waals surface area contributed by atoms with E-state index in [4.69, 9.17) is 20.4 Å². The molecule has 0 bridgehead atoms. The van der Waals surface area contributed by atoms with Crippen molar-refractivity contribution < 1.29 is 14.6 Å². The van der Waals surface area contributed by atoms with Crippen LogP contribution in [0.3, 0.4) is 0 Å². The van der Waals surface area contributed by atoms with Gasteiger partial charge in [0.25, 0.3) is 0 Å². The van der Waals surface area contributed by atoms with Gasteiger partial charge in [-0.05, 0) is 6.92 Å². The molecule has 0 spiro atoms. The Morgan fingerprint density at radius 2 is 2.15 bits per heavy atom. The summed E-state index contributed by atoms with van der Waals surface area (Å²) in [6.07, 6.45) is 0. The number of rotatable bonds is 10. The number of anilines is 2. The third-order valence-electron chi connectivity index (χ3n) is 2.54. The predicted octanol–water partition coefficient (Wildman–Crippen LogP) is -0.256. The summed E-state index contributed by atoms with van der Waals surface area (Å²) in [4.78, 5) is 10.6. The maximum atomic E-state index is 8.64. The van der Waals surface area contributed by atoms with E-state index in [1.54, 1.807) is 6.07 Å². The summed E-state index contributed by atoms with van der Waals surface area (Å²) >= 11 is 0. The van der Waals surface area contributed by atoms with Crippen molar-refractivity contribution in [3.8, 4) is 0 Å². The van der Waals surface area contributed by atoms with E-state index in [1.807, 2.05) is 18.9 Å². The number of nitrogens with two attached hydrogens (primary N) is 1. The summed E-state index contributed by atoms with van der Waals surface area (Å²) in [7, 11) is 1.90. The third kappa shape index (κ3) is 5.66. The first-order valence-corrected chi connectivity index (χ1v) is 6.53. The van der Waals surface area contributed by atoms with Gasteiger partial charge >= 0.3 is 0 Å². The lowest BCUT2D eigenvalue weighted by Crippen LogP contribution is -2.25. The fourth-order valence-electron chi connectivity index (χ4n) is 1.49. The van der Waals surface area contributed by atoms with E-state index in [9.17, 15) is 0 Å². The standard InChI is InChI=1S/C12H23N5O3/c1-3-19-9-11-14-10(16-13)8-12(15-11)17(2)4-6-20-7-5-18/h8,18H,3-7,9,13H2,1-2H3,(H,14,15,16). The number of hydrazine groups is 1. The van der Waals surface area contributed by atoms with Crippen molar-refractivity contribution in [2.45, 2.75) is 13.5 Å². The van der Waals surface area contributed by atoms with Crippen molar-refractivity contribution in [3.63, 3.8) is 0 Å². The van der Waals surface area contributed by atoms with Gasteiger partial charge in [0, 0.05) is 26.3 Å². The minimum absolute atomic E-state index is 0.0248. The van der Waals surface area contributed by atoms with Crippen molar-refractivity contribution in [2.24, 2.45) is 5.84 Å². The van der Waals surface area contributed by atoms with E-state index in [1.165, 1.54) is 0 Å². The molecule has 0 unspecified atom stereocenters. The normalized spacial score (nSPS) is 10.6. The van der Waals surface area contributed by atoms with Crippen molar-refractivity contribution in [2.75, 3.05) is 50.3 Å². The Morgan fingerprint density at radius 1 is 1.35 bits per heavy atom. The molecule has 114 valence electrons. The van der Waals surface area contributed by atoms with Crippen LogP contribution < -0.4 is 16.2 Å². The highest BCUT2D eigenvalue weighted by atomic mass is 16.5. The number of aliphatic hydroxyl groups is 1. The molecule has 1 heterocycles. The van der Waals surface area contributed by atoms with E-state index in [0.717, 1.165) is 5.82 Å². The van der Waals surface area contributed by atoms with E-state index in [-0.39, 0.29) is 6.61 Å². The summed E-state index contributed by atoms with van der Waals surface area (Å²) in [5, 5.41) is 8.64. The van der Waals surface area contributed by atoms with E-state index in [0.29, 0.717) is 44.6 Å². The van der Waals surface area contributed by atoms with Gasteiger partial charge in [0.15, 0.2) is 5.82 Å². The fraction of sp³-hybridized carbons (Fsp3) is 0.667. The molecule has 0 amide bonds. The highest BCUT2D eigenvalue weighted by molar-refractivity contribution is 5.48. The highest BCUT2D eigenvalue weighted by Gasteiger charge is 2.08. The van der Waals surface area contributed by atoms with Crippen LogP contribution in [0.1, 0.15) is 12.7 Å². The molecule has 8 nitrogen and oxygen atoms in total. The number of likely N-dealkylation sites (N-methyl/N-ethyl adjacent to an activating group) is 1. The second kappa shape index (κ2) is 9.43. The molecule has 1 aromatic rings. The number of aromatic nitrogens is 2. The Morgan fingerprint density at radius 3 is 2.80 bits per heavy atom. The highest BCUT2D eigenvalue weighted by Crippen LogP contribution is 2.14. The van der Waals surface area contributed by atoms with Crippen LogP contribution in [0.15, 0.2) is 6.07 Å². The summed E-state index contributed by atoms with van der Waals surface area (Å²) in [6.45, 7) is 4.37. The minimum atomic E-state index is 0.0248. The Bertz CT molecular complexity index is 391. The molecule has 0 aliphatic rings. The molecule has 8 heteroatoms. The lowest BCUT2D eigenvalue weighted by Gasteiger charge is -2.19. The second-order valence-corrected chi connectivity index (χ2v) is 4.07. The molecule has 0 atom stereocenters. The molecule has 1 aromatic heterocycles. The number of aliphatic hydroxyl groups excluding tert-OH is 1. The predicted molar refractivity (Wildman–Crippen MR) is 76.3 cm³/mol. The van der Waals surface area contributed by atoms with Gasteiger partial charge in [-0.2, -0.15) is 0 Å². The number of nitrogen functional groups attached to an aromatic ring is 1. The van der Waals surface area contributed by atoms with Gasteiger partial charge in [-0.3, -0.25) is 0 Å². The number of hydrogen-bond donors (Lipinski definition) is 3. The van der Waals surface area contributed by atoms with Crippen LogP contribution in [-0.4, -0.2) is 55.1 Å². The molecule has 0 aromatic carbocycles. The molecule has 4 N–H and O–H groups in total. The van der Waals surface area contributed by atoms with Crippen molar-refractivity contribution in [3.05, 3.63) is 11.9 Å². The number of hydrogen-bond acceptors (Lipinski definition) is 8. The zero-order valence-electron chi connectivity index (χ0n) is 12.0. The summed E-state index contributed by atoms with van der Waals surface area (Å²) in [5.41, 5.74) is 2.52. The van der Waals surface area contributed by atoms with Crippen LogP contribution in [0.2, 0.25) is 0 Å². The molecule has 0 aliphatic heterocycles. The van der Waals surface area contributed by atoms with E-state index < -0.39 is 0 Å². The second-order valence-electron chi connectivity index (χ2n) is 4.07. The zero-order chi connectivity index (χ0) is 14.8. The van der Waals surface area contributed by atoms with Crippen LogP contribution in [0, 0.1) is 0 Å². The van der Waals surface area contributed by atoms with Crippen molar-refractivity contribution >= 4 is 11.6 Å². The van der Waals surface area contributed by atoms with Gasteiger partial charge in [-0.25, -0.2) is 15.8 Å². The smallest absolute Gasteiger partial charge is 0.158 e. The zero-order valence-corrected chi connectivity index (χ0v) is 12.0. The Kier molecular flexibility index (Phi) is 7.81. The summed E-state index contributed by atoms with van der Waals surface area (Å²) in [5.74, 6) is 7.24. The molecule has 0 fully saturated rings. The quantitative estimate of drug-likeness (QED) is 0.307. The molecule has 1 rings (SSSR count). The Balaban J connectivity index is 2.66. The maximum absolute atomic E-state index is 8.64.